The van der Waals surface area contributed by atoms with E-state index in [0.29, 0.717) is 19.6 Å². The van der Waals surface area contributed by atoms with Crippen molar-refractivity contribution in [2.24, 2.45) is 0 Å². The molecule has 4 nitrogen and oxygen atoms in total. The number of aliphatic carboxylic acids is 1. The zero-order valence-corrected chi connectivity index (χ0v) is 18.4. The van der Waals surface area contributed by atoms with E-state index in [2.05, 4.69) is 37.2 Å². The van der Waals surface area contributed by atoms with Gasteiger partial charge in [-0.05, 0) is 73.5 Å². The first-order chi connectivity index (χ1) is 12.5. The number of carbonyl (C=O) groups is 1. The van der Waals surface area contributed by atoms with Gasteiger partial charge in [-0.3, -0.25) is 4.79 Å². The van der Waals surface area contributed by atoms with Crippen LogP contribution in [0, 0.1) is 0 Å². The summed E-state index contributed by atoms with van der Waals surface area (Å²) in [6.07, 6.45) is 2.57. The molecule has 2 N–H and O–H groups in total. The van der Waals surface area contributed by atoms with Crippen LogP contribution in [-0.4, -0.2) is 29.1 Å². The molecule has 140 valence electrons. The van der Waals surface area contributed by atoms with E-state index in [1.54, 1.807) is 11.8 Å². The Labute approximate surface area is 175 Å². The minimum Gasteiger partial charge on any atom is -0.487 e. The highest BCUT2D eigenvalue weighted by Crippen LogP contribution is 2.35. The van der Waals surface area contributed by atoms with E-state index in [1.807, 2.05) is 48.7 Å². The smallest absolute Gasteiger partial charge is 0.320 e. The summed E-state index contributed by atoms with van der Waals surface area (Å²) < 4.78 is 7.57. The number of halogens is 2. The summed E-state index contributed by atoms with van der Waals surface area (Å²) in [7, 11) is 0. The number of hydrogen-bond acceptors (Lipinski definition) is 4. The number of benzene rings is 2. The van der Waals surface area contributed by atoms with E-state index < -0.39 is 12.0 Å². The van der Waals surface area contributed by atoms with Crippen molar-refractivity contribution in [3.63, 3.8) is 0 Å². The average molecular weight is 503 g/mol. The van der Waals surface area contributed by atoms with Crippen molar-refractivity contribution >= 4 is 49.6 Å². The third-order valence-corrected chi connectivity index (χ3v) is 5.57. The second kappa shape index (κ2) is 11.0. The van der Waals surface area contributed by atoms with Crippen LogP contribution in [0.4, 0.5) is 0 Å². The monoisotopic (exact) mass is 501 g/mol. The first-order valence-electron chi connectivity index (χ1n) is 8.11. The molecular weight excluding hydrogens is 482 g/mol. The molecule has 26 heavy (non-hydrogen) atoms. The van der Waals surface area contributed by atoms with Crippen molar-refractivity contribution in [2.75, 3.05) is 12.0 Å². The van der Waals surface area contributed by atoms with Gasteiger partial charge in [-0.25, -0.2) is 0 Å². The molecule has 0 aliphatic heterocycles. The fraction of sp³-hybridized carbons (Fsp3) is 0.316. The van der Waals surface area contributed by atoms with Crippen LogP contribution >= 0.6 is 43.6 Å². The number of thioether (sulfide) groups is 1. The van der Waals surface area contributed by atoms with Crippen molar-refractivity contribution in [1.29, 1.82) is 0 Å². The van der Waals surface area contributed by atoms with Crippen LogP contribution in [-0.2, 0) is 17.9 Å². The molecule has 0 saturated carbocycles. The lowest BCUT2D eigenvalue weighted by atomic mass is 10.1. The molecule has 7 heteroatoms. The minimum atomic E-state index is -0.819. The Balaban J connectivity index is 2.00. The Hall–Kier alpha value is -1.02. The maximum absolute atomic E-state index is 11.3. The lowest BCUT2D eigenvalue weighted by molar-refractivity contribution is -0.139. The molecule has 0 aromatic heterocycles. The quantitative estimate of drug-likeness (QED) is 0.474. The highest BCUT2D eigenvalue weighted by Gasteiger charge is 2.17. The van der Waals surface area contributed by atoms with Gasteiger partial charge in [0.2, 0.25) is 0 Å². The van der Waals surface area contributed by atoms with Gasteiger partial charge in [0, 0.05) is 6.54 Å². The molecule has 2 aromatic carbocycles. The summed E-state index contributed by atoms with van der Waals surface area (Å²) in [4.78, 5) is 11.3. The van der Waals surface area contributed by atoms with Gasteiger partial charge in [0.1, 0.15) is 18.4 Å². The normalized spacial score (nSPS) is 12.0. The highest BCUT2D eigenvalue weighted by molar-refractivity contribution is 9.11. The fourth-order valence-corrected chi connectivity index (χ4v) is 4.35. The minimum absolute atomic E-state index is 0.474. The fourth-order valence-electron chi connectivity index (χ4n) is 2.37. The Morgan fingerprint density at radius 1 is 1.19 bits per heavy atom. The van der Waals surface area contributed by atoms with Gasteiger partial charge in [0.05, 0.1) is 8.95 Å². The molecule has 0 fully saturated rings. The van der Waals surface area contributed by atoms with E-state index in [-0.39, 0.29) is 0 Å². The molecule has 2 rings (SSSR count). The predicted molar refractivity (Wildman–Crippen MR) is 114 cm³/mol. The summed E-state index contributed by atoms with van der Waals surface area (Å²) in [6, 6.07) is 13.3. The highest BCUT2D eigenvalue weighted by atomic mass is 79.9. The SMILES string of the molecule is CSCCC(NCc1cc(Br)c(OCc2ccccc2)c(Br)c1)C(=O)O. The zero-order chi connectivity index (χ0) is 18.9. The molecule has 0 aliphatic carbocycles. The van der Waals surface area contributed by atoms with Crippen molar-refractivity contribution in [3.05, 3.63) is 62.5 Å². The molecule has 0 radical (unpaired) electrons. The number of hydrogen-bond donors (Lipinski definition) is 2. The van der Waals surface area contributed by atoms with Crippen LogP contribution in [0.2, 0.25) is 0 Å². The summed E-state index contributed by atoms with van der Waals surface area (Å²) in [5, 5.41) is 12.4. The third-order valence-electron chi connectivity index (χ3n) is 3.75. The van der Waals surface area contributed by atoms with Gasteiger partial charge in [-0.2, -0.15) is 11.8 Å². The summed E-state index contributed by atoms with van der Waals surface area (Å²) >= 11 is 8.74. The lowest BCUT2D eigenvalue weighted by Crippen LogP contribution is -2.36. The first-order valence-corrected chi connectivity index (χ1v) is 11.1. The topological polar surface area (TPSA) is 58.6 Å². The van der Waals surface area contributed by atoms with Gasteiger partial charge < -0.3 is 15.2 Å². The van der Waals surface area contributed by atoms with Gasteiger partial charge in [0.15, 0.2) is 0 Å². The van der Waals surface area contributed by atoms with E-state index in [4.69, 9.17) is 4.74 Å². The molecule has 0 aliphatic rings. The van der Waals surface area contributed by atoms with Crippen molar-refractivity contribution in [2.45, 2.75) is 25.6 Å². The van der Waals surface area contributed by atoms with E-state index >= 15 is 0 Å². The molecule has 0 amide bonds. The maximum atomic E-state index is 11.3. The third kappa shape index (κ3) is 6.61. The summed E-state index contributed by atoms with van der Waals surface area (Å²) in [5.74, 6) is 0.721. The summed E-state index contributed by atoms with van der Waals surface area (Å²) in [5.41, 5.74) is 2.07. The standard InChI is InChI=1S/C19H21Br2NO3S/c1-26-8-7-17(19(23)24)22-11-14-9-15(20)18(16(21)10-14)25-12-13-5-3-2-4-6-13/h2-6,9-10,17,22H,7-8,11-12H2,1H3,(H,23,24). The van der Waals surface area contributed by atoms with Crippen LogP contribution < -0.4 is 10.1 Å². The Bertz CT molecular complexity index is 705. The van der Waals surface area contributed by atoms with Crippen molar-refractivity contribution in [3.8, 4) is 5.75 Å². The number of ether oxygens (including phenoxy) is 1. The van der Waals surface area contributed by atoms with E-state index in [0.717, 1.165) is 31.6 Å². The van der Waals surface area contributed by atoms with Crippen LogP contribution in [0.3, 0.4) is 0 Å². The molecule has 0 bridgehead atoms. The Morgan fingerprint density at radius 2 is 1.85 bits per heavy atom. The van der Waals surface area contributed by atoms with Crippen LogP contribution in [0.5, 0.6) is 5.75 Å². The van der Waals surface area contributed by atoms with Gasteiger partial charge >= 0.3 is 5.97 Å². The Morgan fingerprint density at radius 3 is 2.42 bits per heavy atom. The molecule has 2 aromatic rings. The molecule has 0 spiro atoms. The lowest BCUT2D eigenvalue weighted by Gasteiger charge is -2.16. The molecular formula is C19H21Br2NO3S. The number of carboxylic acids is 1. The first kappa shape index (κ1) is 21.3. The average Bonchev–Trinajstić information content (AvgIpc) is 2.61. The van der Waals surface area contributed by atoms with Crippen molar-refractivity contribution in [1.82, 2.24) is 5.32 Å². The zero-order valence-electron chi connectivity index (χ0n) is 14.4. The second-order valence-electron chi connectivity index (χ2n) is 5.72. The second-order valence-corrected chi connectivity index (χ2v) is 8.41. The van der Waals surface area contributed by atoms with Crippen LogP contribution in [0.1, 0.15) is 17.5 Å². The van der Waals surface area contributed by atoms with Gasteiger partial charge in [-0.15, -0.1) is 0 Å². The number of rotatable bonds is 10. The Kier molecular flexibility index (Phi) is 8.98. The molecule has 0 saturated heterocycles. The van der Waals surface area contributed by atoms with Crippen molar-refractivity contribution < 1.29 is 14.6 Å². The largest absolute Gasteiger partial charge is 0.487 e. The predicted octanol–water partition coefficient (Wildman–Crippen LogP) is 5.09. The molecule has 1 unspecified atom stereocenters. The van der Waals surface area contributed by atoms with E-state index in [1.165, 1.54) is 0 Å². The van der Waals surface area contributed by atoms with Crippen LogP contribution in [0.15, 0.2) is 51.4 Å². The van der Waals surface area contributed by atoms with Gasteiger partial charge in [-0.1, -0.05) is 30.3 Å². The van der Waals surface area contributed by atoms with Crippen LogP contribution in [0.25, 0.3) is 0 Å². The van der Waals surface area contributed by atoms with Gasteiger partial charge in [0.25, 0.3) is 0 Å². The number of nitrogens with one attached hydrogen (secondary N) is 1. The molecule has 0 heterocycles. The van der Waals surface area contributed by atoms with E-state index in [9.17, 15) is 9.90 Å². The summed E-state index contributed by atoms with van der Waals surface area (Å²) in [6.45, 7) is 0.951. The number of carboxylic acid groups (broad SMARTS) is 1. The maximum Gasteiger partial charge on any atom is 0.320 e. The molecule has 1 atom stereocenters.